The fraction of sp³-hybridized carbons (Fsp3) is 1.00. The van der Waals surface area contributed by atoms with Crippen molar-refractivity contribution >= 4 is 0 Å². The first-order valence-electron chi connectivity index (χ1n) is 27.1. The summed E-state index contributed by atoms with van der Waals surface area (Å²) in [4.78, 5) is 0. The topological polar surface area (TPSA) is 396 Å². The molecular weight excluding hydrogens is 1000 g/mol. The Labute approximate surface area is 434 Å². The fourth-order valence-corrected chi connectivity index (χ4v) is 16.0. The van der Waals surface area contributed by atoms with Gasteiger partial charge in [-0.3, -0.25) is 0 Å². The molecule has 0 amide bonds. The van der Waals surface area contributed by atoms with Crippen LogP contribution in [0.5, 0.6) is 0 Å². The van der Waals surface area contributed by atoms with Crippen molar-refractivity contribution in [3.8, 4) is 0 Å². The maximum atomic E-state index is 13.0. The number of ether oxygens (including phenoxy) is 10. The molecule has 432 valence electrons. The Morgan fingerprint density at radius 2 is 1.16 bits per heavy atom. The van der Waals surface area contributed by atoms with Crippen molar-refractivity contribution in [1.29, 1.82) is 0 Å². The Balaban J connectivity index is 0.827. The molecule has 4 saturated carbocycles. The van der Waals surface area contributed by atoms with Gasteiger partial charge in [0.05, 0.1) is 56.9 Å². The molecule has 15 N–H and O–H groups in total. The van der Waals surface area contributed by atoms with E-state index in [1.54, 1.807) is 0 Å². The number of hydrogen-bond acceptors (Lipinski definition) is 25. The first-order valence-corrected chi connectivity index (χ1v) is 27.1. The predicted molar refractivity (Wildman–Crippen MR) is 247 cm³/mol. The SMILES string of the molecule is CC1C2C(CC3(O)C4CCC5CC(OC6OC(CO)C(OC7OC(CO)C(O)C(OC8OCC(O)C(O)C8O)C7OC7OC(CO)C(O)C(O)C7O)C(O)C6O)C(O)CC5(C)C4CCC23C)OC12CCC(CO)CO2. The van der Waals surface area contributed by atoms with E-state index in [9.17, 15) is 76.6 Å². The Morgan fingerprint density at radius 1 is 0.533 bits per heavy atom. The normalized spacial score (nSPS) is 58.0. The van der Waals surface area contributed by atoms with E-state index in [0.717, 1.165) is 32.1 Å². The minimum atomic E-state index is -2.04. The van der Waals surface area contributed by atoms with Crippen molar-refractivity contribution in [2.24, 2.45) is 46.3 Å². The van der Waals surface area contributed by atoms with E-state index in [0.29, 0.717) is 32.3 Å². The zero-order valence-electron chi connectivity index (χ0n) is 42.6. The lowest BCUT2D eigenvalue weighted by molar-refractivity contribution is -0.404. The lowest BCUT2D eigenvalue weighted by Crippen LogP contribution is -2.68. The lowest BCUT2D eigenvalue weighted by atomic mass is 9.42. The van der Waals surface area contributed by atoms with Gasteiger partial charge in [0.1, 0.15) is 91.6 Å². The number of aliphatic hydroxyl groups excluding tert-OH is 14. The summed E-state index contributed by atoms with van der Waals surface area (Å²) in [6, 6.07) is 0. The van der Waals surface area contributed by atoms with Crippen LogP contribution in [0.15, 0.2) is 0 Å². The van der Waals surface area contributed by atoms with Crippen LogP contribution in [0.25, 0.3) is 0 Å². The highest BCUT2D eigenvalue weighted by Crippen LogP contribution is 2.73. The maximum Gasteiger partial charge on any atom is 0.187 e. The summed E-state index contributed by atoms with van der Waals surface area (Å²) in [6.45, 7) is 3.92. The van der Waals surface area contributed by atoms with Crippen molar-refractivity contribution in [2.45, 2.75) is 225 Å². The molecule has 32 unspecified atom stereocenters. The molecule has 25 nitrogen and oxygen atoms in total. The van der Waals surface area contributed by atoms with E-state index in [-0.39, 0.29) is 48.2 Å². The van der Waals surface area contributed by atoms with Crippen LogP contribution >= 0.6 is 0 Å². The van der Waals surface area contributed by atoms with Crippen LogP contribution in [0.1, 0.15) is 78.6 Å². The summed E-state index contributed by atoms with van der Waals surface area (Å²) in [5.74, 6) is -0.449. The van der Waals surface area contributed by atoms with Crippen LogP contribution in [0.4, 0.5) is 0 Å². The van der Waals surface area contributed by atoms with Crippen molar-refractivity contribution in [3.63, 3.8) is 0 Å². The van der Waals surface area contributed by atoms with Gasteiger partial charge < -0.3 is 124 Å². The highest BCUT2D eigenvalue weighted by Gasteiger charge is 2.75. The molecule has 0 aromatic rings. The molecule has 32 atom stereocenters. The van der Waals surface area contributed by atoms with Gasteiger partial charge >= 0.3 is 0 Å². The Bertz CT molecular complexity index is 1930. The van der Waals surface area contributed by atoms with E-state index in [2.05, 4.69) is 20.8 Å². The minimum Gasteiger partial charge on any atom is -0.396 e. The van der Waals surface area contributed by atoms with Gasteiger partial charge in [0.15, 0.2) is 30.9 Å². The fourth-order valence-electron chi connectivity index (χ4n) is 16.0. The summed E-state index contributed by atoms with van der Waals surface area (Å²) in [5.41, 5.74) is -1.83. The van der Waals surface area contributed by atoms with Crippen LogP contribution in [0.3, 0.4) is 0 Å². The molecule has 0 radical (unpaired) electrons. The highest BCUT2D eigenvalue weighted by molar-refractivity contribution is 5.22. The van der Waals surface area contributed by atoms with Gasteiger partial charge in [0.25, 0.3) is 0 Å². The number of rotatable bonds is 12. The summed E-state index contributed by atoms with van der Waals surface area (Å²) in [7, 11) is 0. The van der Waals surface area contributed by atoms with Crippen LogP contribution in [0.2, 0.25) is 0 Å². The van der Waals surface area contributed by atoms with Crippen LogP contribution in [-0.4, -0.2) is 263 Å². The monoisotopic (exact) mass is 1080 g/mol. The standard InChI is InChI=1S/C50H82O25/c1-19-31-27(75-50(19)9-6-20(13-51)17-67-50)12-49(65)23-5-4-21-10-26(24(55)11-47(21,2)22(23)7-8-48(31,49)3)68-44-39(64)36(61)40(30(16-54)71-44)72-46-42(74-45-38(63)35(60)33(58)28(14-52)69-45)41(34(59)29(15-53)70-46)73-43-37(62)32(57)25(56)18-66-43/h19-46,51-65H,4-18H2,1-3H3. The van der Waals surface area contributed by atoms with E-state index in [4.69, 9.17) is 47.4 Å². The third-order valence-corrected chi connectivity index (χ3v) is 20.3. The molecule has 4 aliphatic carbocycles. The molecule has 6 heterocycles. The summed E-state index contributed by atoms with van der Waals surface area (Å²) in [6.07, 6.45) is -30.6. The summed E-state index contributed by atoms with van der Waals surface area (Å²) < 4.78 is 60.7. The summed E-state index contributed by atoms with van der Waals surface area (Å²) >= 11 is 0. The molecule has 6 saturated heterocycles. The molecule has 0 aromatic carbocycles. The zero-order valence-corrected chi connectivity index (χ0v) is 42.6. The molecule has 1 spiro atoms. The van der Waals surface area contributed by atoms with Gasteiger partial charge in [-0.15, -0.1) is 0 Å². The third kappa shape index (κ3) is 9.48. The van der Waals surface area contributed by atoms with Crippen molar-refractivity contribution < 1.29 is 124 Å². The Hall–Kier alpha value is -1.00. The Kier molecular flexibility index (Phi) is 16.6. The third-order valence-electron chi connectivity index (χ3n) is 20.3. The molecule has 10 aliphatic rings. The first-order chi connectivity index (χ1) is 35.6. The van der Waals surface area contributed by atoms with Crippen LogP contribution < -0.4 is 0 Å². The van der Waals surface area contributed by atoms with E-state index in [1.165, 1.54) is 0 Å². The average molecular weight is 1080 g/mol. The second kappa shape index (κ2) is 21.7. The van der Waals surface area contributed by atoms with E-state index < -0.39 is 178 Å². The predicted octanol–water partition coefficient (Wildman–Crippen LogP) is -5.21. The average Bonchev–Trinajstić information content (AvgIpc) is 3.83. The number of aliphatic hydroxyl groups is 15. The smallest absolute Gasteiger partial charge is 0.187 e. The number of hydrogen-bond donors (Lipinski definition) is 15. The van der Waals surface area contributed by atoms with Crippen LogP contribution in [0, 0.1) is 46.3 Å². The number of fused-ring (bicyclic) bond motifs is 7. The first kappa shape index (κ1) is 57.2. The maximum absolute atomic E-state index is 13.0. The second-order valence-electron chi connectivity index (χ2n) is 24.1. The molecule has 6 aliphatic heterocycles. The molecular formula is C50H82O25. The zero-order chi connectivity index (χ0) is 53.8. The lowest BCUT2D eigenvalue weighted by Gasteiger charge is -2.64. The molecule has 10 rings (SSSR count). The van der Waals surface area contributed by atoms with E-state index >= 15 is 0 Å². The van der Waals surface area contributed by atoms with Crippen molar-refractivity contribution in [3.05, 3.63) is 0 Å². The molecule has 0 aromatic heterocycles. The van der Waals surface area contributed by atoms with Crippen LogP contribution in [-0.2, 0) is 47.4 Å². The largest absolute Gasteiger partial charge is 0.396 e. The highest BCUT2D eigenvalue weighted by atomic mass is 16.8. The van der Waals surface area contributed by atoms with Gasteiger partial charge in [-0.2, -0.15) is 0 Å². The van der Waals surface area contributed by atoms with Crippen molar-refractivity contribution in [2.75, 3.05) is 39.6 Å². The molecule has 75 heavy (non-hydrogen) atoms. The van der Waals surface area contributed by atoms with Gasteiger partial charge in [-0.1, -0.05) is 20.8 Å². The molecule has 10 fully saturated rings. The summed E-state index contributed by atoms with van der Waals surface area (Å²) in [5, 5.41) is 164. The van der Waals surface area contributed by atoms with Gasteiger partial charge in [0, 0.05) is 42.6 Å². The van der Waals surface area contributed by atoms with E-state index in [1.807, 2.05) is 0 Å². The van der Waals surface area contributed by atoms with Gasteiger partial charge in [0.2, 0.25) is 0 Å². The minimum absolute atomic E-state index is 0.0347. The van der Waals surface area contributed by atoms with Gasteiger partial charge in [-0.25, -0.2) is 0 Å². The quantitative estimate of drug-likeness (QED) is 0.0812. The second-order valence-corrected chi connectivity index (χ2v) is 24.1. The molecule has 0 bridgehead atoms. The van der Waals surface area contributed by atoms with Gasteiger partial charge in [-0.05, 0) is 68.1 Å². The van der Waals surface area contributed by atoms with Crippen molar-refractivity contribution in [1.82, 2.24) is 0 Å². The Morgan fingerprint density at radius 3 is 1.84 bits per heavy atom. The molecule has 25 heteroatoms.